The first-order valence-electron chi connectivity index (χ1n) is 6.67. The van der Waals surface area contributed by atoms with E-state index in [0.717, 1.165) is 17.3 Å². The third-order valence-corrected chi connectivity index (χ3v) is 3.76. The highest BCUT2D eigenvalue weighted by atomic mass is 35.5. The quantitative estimate of drug-likeness (QED) is 0.741. The van der Waals surface area contributed by atoms with Gasteiger partial charge < -0.3 is 15.2 Å². The highest BCUT2D eigenvalue weighted by Crippen LogP contribution is 2.17. The van der Waals surface area contributed by atoms with Crippen molar-refractivity contribution in [3.05, 3.63) is 29.8 Å². The van der Waals surface area contributed by atoms with Crippen LogP contribution in [0.15, 0.2) is 24.3 Å². The Morgan fingerprint density at radius 1 is 1.29 bits per heavy atom. The number of ether oxygens (including phenoxy) is 2. The number of hydrogen-bond acceptors (Lipinski definition) is 5. The molecule has 120 valence electrons. The molecule has 2 N–H and O–H groups in total. The maximum Gasteiger partial charge on any atom is 0.307 e. The van der Waals surface area contributed by atoms with Crippen LogP contribution in [-0.2, 0) is 15.3 Å². The molecule has 0 saturated carbocycles. The number of rotatable bonds is 8. The number of methoxy groups -OCH3 is 1. The molecule has 0 heterocycles. The molecule has 0 radical (unpaired) electrons. The number of thioether (sulfide) groups is 1. The van der Waals surface area contributed by atoms with E-state index in [-0.39, 0.29) is 36.9 Å². The standard InChI is InChI=1S/C15H23NO3S.ClH/c1-11(2)19-15(17)8-13(16)10-20-9-12-4-6-14(18-3)7-5-12;/h4-7,11,13H,8-10,16H2,1-3H3;1H/t13-;/m0./s1. The van der Waals surface area contributed by atoms with Gasteiger partial charge in [0.1, 0.15) is 5.75 Å². The molecule has 0 saturated heterocycles. The van der Waals surface area contributed by atoms with Gasteiger partial charge in [0.05, 0.1) is 19.6 Å². The lowest BCUT2D eigenvalue weighted by Crippen LogP contribution is -2.28. The van der Waals surface area contributed by atoms with Gasteiger partial charge in [0, 0.05) is 17.5 Å². The van der Waals surface area contributed by atoms with E-state index in [2.05, 4.69) is 0 Å². The van der Waals surface area contributed by atoms with Crippen LogP contribution in [0.5, 0.6) is 5.75 Å². The number of halogens is 1. The van der Waals surface area contributed by atoms with Crippen molar-refractivity contribution >= 4 is 30.1 Å². The van der Waals surface area contributed by atoms with Crippen molar-refractivity contribution in [3.8, 4) is 5.75 Å². The summed E-state index contributed by atoms with van der Waals surface area (Å²) in [5.41, 5.74) is 7.13. The third kappa shape index (κ3) is 8.86. The lowest BCUT2D eigenvalue weighted by atomic mass is 10.2. The number of esters is 1. The van der Waals surface area contributed by atoms with E-state index in [1.807, 2.05) is 38.1 Å². The minimum absolute atomic E-state index is 0. The fourth-order valence-corrected chi connectivity index (χ4v) is 2.60. The number of carbonyl (C=O) groups is 1. The Balaban J connectivity index is 0.00000400. The summed E-state index contributed by atoms with van der Waals surface area (Å²) >= 11 is 1.72. The molecule has 0 unspecified atom stereocenters. The average Bonchev–Trinajstić information content (AvgIpc) is 2.38. The monoisotopic (exact) mass is 333 g/mol. The number of carbonyl (C=O) groups excluding carboxylic acids is 1. The molecule has 1 aromatic rings. The van der Waals surface area contributed by atoms with Crippen LogP contribution in [0.2, 0.25) is 0 Å². The number of benzene rings is 1. The smallest absolute Gasteiger partial charge is 0.307 e. The van der Waals surface area contributed by atoms with Crippen LogP contribution in [0.1, 0.15) is 25.8 Å². The first-order valence-corrected chi connectivity index (χ1v) is 7.82. The molecule has 0 spiro atoms. The Hall–Kier alpha value is -0.910. The fourth-order valence-electron chi connectivity index (χ4n) is 1.63. The van der Waals surface area contributed by atoms with Crippen LogP contribution in [0.25, 0.3) is 0 Å². The predicted molar refractivity (Wildman–Crippen MR) is 90.2 cm³/mol. The van der Waals surface area contributed by atoms with Gasteiger partial charge in [-0.2, -0.15) is 11.8 Å². The van der Waals surface area contributed by atoms with Crippen LogP contribution >= 0.6 is 24.2 Å². The van der Waals surface area contributed by atoms with Crippen molar-refractivity contribution in [2.24, 2.45) is 5.73 Å². The normalized spacial score (nSPS) is 11.7. The van der Waals surface area contributed by atoms with Crippen LogP contribution in [0.3, 0.4) is 0 Å². The van der Waals surface area contributed by atoms with Crippen LogP contribution in [0.4, 0.5) is 0 Å². The van der Waals surface area contributed by atoms with Gasteiger partial charge in [-0.3, -0.25) is 4.79 Å². The SMILES string of the molecule is COc1ccc(CSC[C@@H](N)CC(=O)OC(C)C)cc1.Cl. The first kappa shape index (κ1) is 20.1. The molecule has 21 heavy (non-hydrogen) atoms. The molecule has 0 aliphatic carbocycles. The molecule has 1 atom stereocenters. The Kier molecular flexibility index (Phi) is 10.3. The minimum atomic E-state index is -0.224. The van der Waals surface area contributed by atoms with Gasteiger partial charge in [-0.05, 0) is 31.5 Å². The van der Waals surface area contributed by atoms with Gasteiger partial charge in [0.25, 0.3) is 0 Å². The predicted octanol–water partition coefficient (Wildman–Crippen LogP) is 3.02. The van der Waals surface area contributed by atoms with E-state index >= 15 is 0 Å². The largest absolute Gasteiger partial charge is 0.497 e. The van der Waals surface area contributed by atoms with Crippen LogP contribution in [0, 0.1) is 0 Å². The molecule has 1 aromatic carbocycles. The average molecular weight is 334 g/mol. The summed E-state index contributed by atoms with van der Waals surface area (Å²) in [4.78, 5) is 11.4. The topological polar surface area (TPSA) is 61.5 Å². The molecular formula is C15H24ClNO3S. The van der Waals surface area contributed by atoms with E-state index < -0.39 is 0 Å². The van der Waals surface area contributed by atoms with Crippen molar-refractivity contribution in [3.63, 3.8) is 0 Å². The molecule has 0 aliphatic heterocycles. The van der Waals surface area contributed by atoms with E-state index in [0.29, 0.717) is 0 Å². The Morgan fingerprint density at radius 2 is 1.90 bits per heavy atom. The lowest BCUT2D eigenvalue weighted by molar-refractivity contribution is -0.147. The van der Waals surface area contributed by atoms with Gasteiger partial charge in [-0.25, -0.2) is 0 Å². The zero-order valence-corrected chi connectivity index (χ0v) is 14.3. The highest BCUT2D eigenvalue weighted by Gasteiger charge is 2.12. The van der Waals surface area contributed by atoms with Crippen molar-refractivity contribution in [1.82, 2.24) is 0 Å². The minimum Gasteiger partial charge on any atom is -0.497 e. The molecular weight excluding hydrogens is 310 g/mol. The number of nitrogens with two attached hydrogens (primary N) is 1. The summed E-state index contributed by atoms with van der Waals surface area (Å²) in [6, 6.07) is 7.78. The Bertz CT molecular complexity index is 412. The summed E-state index contributed by atoms with van der Waals surface area (Å²) in [5, 5.41) is 0. The summed E-state index contributed by atoms with van der Waals surface area (Å²) < 4.78 is 10.2. The lowest BCUT2D eigenvalue weighted by Gasteiger charge is -2.12. The summed E-state index contributed by atoms with van der Waals surface area (Å²) in [6.07, 6.45) is 0.190. The van der Waals surface area contributed by atoms with Crippen molar-refractivity contribution in [1.29, 1.82) is 0 Å². The van der Waals surface area contributed by atoms with Gasteiger partial charge >= 0.3 is 5.97 Å². The maximum absolute atomic E-state index is 11.4. The molecule has 1 rings (SSSR count). The van der Waals surface area contributed by atoms with Gasteiger partial charge in [0.15, 0.2) is 0 Å². The Morgan fingerprint density at radius 3 is 2.43 bits per heavy atom. The van der Waals surface area contributed by atoms with Crippen molar-refractivity contribution in [2.75, 3.05) is 12.9 Å². The Labute approximate surface area is 137 Å². The number of hydrogen-bond donors (Lipinski definition) is 1. The molecule has 0 aromatic heterocycles. The summed E-state index contributed by atoms with van der Waals surface area (Å²) in [5.74, 6) is 2.24. The molecule has 4 nitrogen and oxygen atoms in total. The second-order valence-electron chi connectivity index (χ2n) is 4.87. The molecule has 6 heteroatoms. The second-order valence-corrected chi connectivity index (χ2v) is 5.90. The fraction of sp³-hybridized carbons (Fsp3) is 0.533. The first-order chi connectivity index (χ1) is 9.51. The van der Waals surface area contributed by atoms with Crippen molar-refractivity contribution in [2.45, 2.75) is 38.2 Å². The van der Waals surface area contributed by atoms with Gasteiger partial charge in [-0.1, -0.05) is 12.1 Å². The third-order valence-electron chi connectivity index (χ3n) is 2.56. The van der Waals surface area contributed by atoms with E-state index in [4.69, 9.17) is 15.2 Å². The zero-order chi connectivity index (χ0) is 15.0. The molecule has 0 amide bonds. The summed E-state index contributed by atoms with van der Waals surface area (Å²) in [6.45, 7) is 3.67. The van der Waals surface area contributed by atoms with Gasteiger partial charge in [0.2, 0.25) is 0 Å². The summed E-state index contributed by atoms with van der Waals surface area (Å²) in [7, 11) is 1.65. The van der Waals surface area contributed by atoms with E-state index in [1.165, 1.54) is 5.56 Å². The second kappa shape index (κ2) is 10.8. The highest BCUT2D eigenvalue weighted by molar-refractivity contribution is 7.98. The molecule has 0 fully saturated rings. The van der Waals surface area contributed by atoms with Crippen molar-refractivity contribution < 1.29 is 14.3 Å². The van der Waals surface area contributed by atoms with Crippen LogP contribution in [-0.4, -0.2) is 31.0 Å². The van der Waals surface area contributed by atoms with Crippen LogP contribution < -0.4 is 10.5 Å². The van der Waals surface area contributed by atoms with E-state index in [1.54, 1.807) is 18.9 Å². The maximum atomic E-state index is 11.4. The molecule has 0 aliphatic rings. The molecule has 0 bridgehead atoms. The zero-order valence-electron chi connectivity index (χ0n) is 12.7. The van der Waals surface area contributed by atoms with Gasteiger partial charge in [-0.15, -0.1) is 12.4 Å². The van der Waals surface area contributed by atoms with E-state index in [9.17, 15) is 4.79 Å².